The van der Waals surface area contributed by atoms with Crippen LogP contribution in [0.15, 0.2) is 59.4 Å². The first-order chi connectivity index (χ1) is 11.7. The highest BCUT2D eigenvalue weighted by Gasteiger charge is 2.18. The van der Waals surface area contributed by atoms with Crippen LogP contribution in [0.4, 0.5) is 0 Å². The highest BCUT2D eigenvalue weighted by molar-refractivity contribution is 5.83. The Hall–Kier alpha value is -3.15. The van der Waals surface area contributed by atoms with Crippen LogP contribution >= 0.6 is 0 Å². The molecular formula is C18H16N4O2. The van der Waals surface area contributed by atoms with Gasteiger partial charge < -0.3 is 13.8 Å². The molecule has 2 aromatic carbocycles. The van der Waals surface area contributed by atoms with E-state index in [-0.39, 0.29) is 6.10 Å². The van der Waals surface area contributed by atoms with Gasteiger partial charge >= 0.3 is 0 Å². The van der Waals surface area contributed by atoms with E-state index in [0.29, 0.717) is 17.5 Å². The quantitative estimate of drug-likeness (QED) is 0.573. The SMILES string of the molecule is C[C@H](Oc1ccc2ccccc2c1)c1nc(-c2nccn2C)no1. The summed E-state index contributed by atoms with van der Waals surface area (Å²) in [7, 11) is 1.88. The summed E-state index contributed by atoms with van der Waals surface area (Å²) in [4.78, 5) is 8.60. The second-order valence-corrected chi connectivity index (χ2v) is 5.59. The molecule has 0 saturated carbocycles. The number of rotatable bonds is 4. The molecule has 0 aliphatic heterocycles. The molecular weight excluding hydrogens is 304 g/mol. The number of hydrogen-bond acceptors (Lipinski definition) is 5. The van der Waals surface area contributed by atoms with E-state index in [9.17, 15) is 0 Å². The fourth-order valence-electron chi connectivity index (χ4n) is 2.57. The van der Waals surface area contributed by atoms with E-state index < -0.39 is 0 Å². The molecule has 2 heterocycles. The van der Waals surface area contributed by atoms with Crippen LogP contribution < -0.4 is 4.74 Å². The molecule has 1 atom stereocenters. The van der Waals surface area contributed by atoms with Crippen molar-refractivity contribution in [1.82, 2.24) is 19.7 Å². The van der Waals surface area contributed by atoms with Crippen molar-refractivity contribution in [2.45, 2.75) is 13.0 Å². The molecule has 0 aliphatic carbocycles. The molecule has 120 valence electrons. The van der Waals surface area contributed by atoms with Crippen LogP contribution in [0.25, 0.3) is 22.4 Å². The summed E-state index contributed by atoms with van der Waals surface area (Å²) in [5.41, 5.74) is 0. The minimum Gasteiger partial charge on any atom is -0.481 e. The molecule has 6 heteroatoms. The molecule has 0 N–H and O–H groups in total. The van der Waals surface area contributed by atoms with Gasteiger partial charge in [-0.15, -0.1) is 0 Å². The monoisotopic (exact) mass is 320 g/mol. The summed E-state index contributed by atoms with van der Waals surface area (Å²) in [6.45, 7) is 1.88. The Morgan fingerprint density at radius 2 is 1.96 bits per heavy atom. The molecule has 4 rings (SSSR count). The second-order valence-electron chi connectivity index (χ2n) is 5.59. The van der Waals surface area contributed by atoms with E-state index in [1.54, 1.807) is 6.20 Å². The first-order valence-corrected chi connectivity index (χ1v) is 7.67. The number of imidazole rings is 1. The predicted molar refractivity (Wildman–Crippen MR) is 89.5 cm³/mol. The van der Waals surface area contributed by atoms with Crippen LogP contribution in [0.2, 0.25) is 0 Å². The molecule has 0 saturated heterocycles. The Morgan fingerprint density at radius 1 is 1.12 bits per heavy atom. The summed E-state index contributed by atoms with van der Waals surface area (Å²) >= 11 is 0. The topological polar surface area (TPSA) is 66.0 Å². The molecule has 0 bridgehead atoms. The Labute approximate surface area is 138 Å². The van der Waals surface area contributed by atoms with Crippen molar-refractivity contribution in [3.63, 3.8) is 0 Å². The van der Waals surface area contributed by atoms with Crippen molar-refractivity contribution in [1.29, 1.82) is 0 Å². The van der Waals surface area contributed by atoms with Gasteiger partial charge in [-0.05, 0) is 29.8 Å². The van der Waals surface area contributed by atoms with Gasteiger partial charge in [-0.2, -0.15) is 4.98 Å². The Balaban J connectivity index is 1.56. The number of aromatic nitrogens is 4. The van der Waals surface area contributed by atoms with Gasteiger partial charge in [0.15, 0.2) is 11.9 Å². The molecule has 4 aromatic rings. The molecule has 6 nitrogen and oxygen atoms in total. The van der Waals surface area contributed by atoms with Crippen molar-refractivity contribution < 1.29 is 9.26 Å². The van der Waals surface area contributed by atoms with Gasteiger partial charge in [0.1, 0.15) is 5.75 Å². The highest BCUT2D eigenvalue weighted by Crippen LogP contribution is 2.26. The Bertz CT molecular complexity index is 989. The third-order valence-electron chi connectivity index (χ3n) is 3.84. The summed E-state index contributed by atoms with van der Waals surface area (Å²) in [6, 6.07) is 14.1. The first kappa shape index (κ1) is 14.4. The third-order valence-corrected chi connectivity index (χ3v) is 3.84. The molecule has 0 aliphatic rings. The van der Waals surface area contributed by atoms with Gasteiger partial charge in [0.2, 0.25) is 5.82 Å². The standard InChI is InChI=1S/C18H16N4O2/c1-12(18-20-16(21-24-18)17-19-9-10-22(17)2)23-15-8-7-13-5-3-4-6-14(13)11-15/h3-12H,1-2H3/t12-/m0/s1. The summed E-state index contributed by atoms with van der Waals surface area (Å²) in [5.74, 6) is 2.29. The van der Waals surface area contributed by atoms with E-state index >= 15 is 0 Å². The van der Waals surface area contributed by atoms with E-state index in [1.165, 1.54) is 5.39 Å². The van der Waals surface area contributed by atoms with Crippen LogP contribution in [0.1, 0.15) is 18.9 Å². The minimum absolute atomic E-state index is 0.354. The Morgan fingerprint density at radius 3 is 2.75 bits per heavy atom. The highest BCUT2D eigenvalue weighted by atomic mass is 16.5. The lowest BCUT2D eigenvalue weighted by Crippen LogP contribution is -2.03. The summed E-state index contributed by atoms with van der Waals surface area (Å²) in [6.07, 6.45) is 3.17. The van der Waals surface area contributed by atoms with Crippen LogP contribution in [0.3, 0.4) is 0 Å². The van der Waals surface area contributed by atoms with Crippen molar-refractivity contribution in [3.8, 4) is 17.4 Å². The smallest absolute Gasteiger partial charge is 0.267 e. The zero-order valence-corrected chi connectivity index (χ0v) is 13.4. The van der Waals surface area contributed by atoms with E-state index in [0.717, 1.165) is 11.1 Å². The maximum absolute atomic E-state index is 5.95. The maximum Gasteiger partial charge on any atom is 0.267 e. The molecule has 0 amide bonds. The number of aryl methyl sites for hydroxylation is 1. The van der Waals surface area contributed by atoms with Crippen LogP contribution in [-0.2, 0) is 7.05 Å². The molecule has 0 unspecified atom stereocenters. The van der Waals surface area contributed by atoms with Crippen molar-refractivity contribution in [3.05, 3.63) is 60.7 Å². The van der Waals surface area contributed by atoms with Crippen LogP contribution in [-0.4, -0.2) is 19.7 Å². The van der Waals surface area contributed by atoms with Gasteiger partial charge in [-0.3, -0.25) is 0 Å². The normalized spacial score (nSPS) is 12.4. The van der Waals surface area contributed by atoms with Gasteiger partial charge in [0.05, 0.1) is 0 Å². The molecule has 24 heavy (non-hydrogen) atoms. The Kier molecular flexibility index (Phi) is 3.49. The lowest BCUT2D eigenvalue weighted by Gasteiger charge is -2.11. The van der Waals surface area contributed by atoms with Crippen molar-refractivity contribution in [2.24, 2.45) is 7.05 Å². The summed E-state index contributed by atoms with van der Waals surface area (Å²) in [5, 5.41) is 6.28. The van der Waals surface area contributed by atoms with Gasteiger partial charge in [-0.1, -0.05) is 35.5 Å². The van der Waals surface area contributed by atoms with E-state index in [1.807, 2.05) is 55.1 Å². The van der Waals surface area contributed by atoms with Gasteiger partial charge in [0.25, 0.3) is 5.89 Å². The zero-order chi connectivity index (χ0) is 16.5. The van der Waals surface area contributed by atoms with E-state index in [2.05, 4.69) is 27.3 Å². The summed E-state index contributed by atoms with van der Waals surface area (Å²) < 4.78 is 13.1. The van der Waals surface area contributed by atoms with Crippen LogP contribution in [0, 0.1) is 0 Å². The molecule has 0 spiro atoms. The average molecular weight is 320 g/mol. The largest absolute Gasteiger partial charge is 0.481 e. The zero-order valence-electron chi connectivity index (χ0n) is 13.4. The fraction of sp³-hybridized carbons (Fsp3) is 0.167. The average Bonchev–Trinajstić information content (AvgIpc) is 3.23. The first-order valence-electron chi connectivity index (χ1n) is 7.67. The third kappa shape index (κ3) is 2.62. The second kappa shape index (κ2) is 5.81. The molecule has 0 radical (unpaired) electrons. The fourth-order valence-corrected chi connectivity index (χ4v) is 2.57. The molecule has 0 fully saturated rings. The van der Waals surface area contributed by atoms with Gasteiger partial charge in [0, 0.05) is 19.4 Å². The number of nitrogens with zero attached hydrogens (tertiary/aromatic N) is 4. The van der Waals surface area contributed by atoms with Gasteiger partial charge in [-0.25, -0.2) is 4.98 Å². The lowest BCUT2D eigenvalue weighted by atomic mass is 10.1. The maximum atomic E-state index is 5.95. The number of ether oxygens (including phenoxy) is 1. The minimum atomic E-state index is -0.354. The number of benzene rings is 2. The van der Waals surface area contributed by atoms with Crippen LogP contribution in [0.5, 0.6) is 5.75 Å². The predicted octanol–water partition coefficient (Wildman–Crippen LogP) is 3.76. The number of hydrogen-bond donors (Lipinski definition) is 0. The van der Waals surface area contributed by atoms with Crippen molar-refractivity contribution in [2.75, 3.05) is 0 Å². The number of fused-ring (bicyclic) bond motifs is 1. The van der Waals surface area contributed by atoms with E-state index in [4.69, 9.17) is 9.26 Å². The lowest BCUT2D eigenvalue weighted by molar-refractivity contribution is 0.176. The molecule has 2 aromatic heterocycles. The van der Waals surface area contributed by atoms with Crippen molar-refractivity contribution >= 4 is 10.8 Å².